The van der Waals surface area contributed by atoms with E-state index in [0.717, 1.165) is 6.07 Å². The number of hydrogen-bond donors (Lipinski definition) is 0. The Labute approximate surface area is 97.2 Å². The van der Waals surface area contributed by atoms with Gasteiger partial charge in [-0.2, -0.15) is 0 Å². The Morgan fingerprint density at radius 3 is 2.38 bits per heavy atom. The summed E-state index contributed by atoms with van der Waals surface area (Å²) in [6, 6.07) is 2.68. The third-order valence-electron chi connectivity index (χ3n) is 1.98. The van der Waals surface area contributed by atoms with Crippen LogP contribution in [0.15, 0.2) is 22.7 Å². The molecule has 0 bridgehead atoms. The van der Waals surface area contributed by atoms with Crippen molar-refractivity contribution in [3.63, 3.8) is 0 Å². The highest BCUT2D eigenvalue weighted by Gasteiger charge is 2.14. The predicted molar refractivity (Wildman–Crippen MR) is 54.4 cm³/mol. The smallest absolute Gasteiger partial charge is 0.161 e. The monoisotopic (exact) mass is 291 g/mol. The zero-order valence-corrected chi connectivity index (χ0v) is 9.39. The fourth-order valence-electron chi connectivity index (χ4n) is 1.22. The summed E-state index contributed by atoms with van der Waals surface area (Å²) in [4.78, 5) is 0. The minimum Gasteiger partial charge on any atom is -0.360 e. The number of nitrogens with zero attached hydrogens (tertiary/aromatic N) is 1. The van der Waals surface area contributed by atoms with Gasteiger partial charge >= 0.3 is 0 Å². The van der Waals surface area contributed by atoms with Crippen LogP contribution in [-0.2, 0) is 5.33 Å². The Morgan fingerprint density at radius 2 is 1.75 bits per heavy atom. The maximum absolute atomic E-state index is 13.3. The molecular formula is C10H5BrF3NO. The van der Waals surface area contributed by atoms with Crippen LogP contribution in [-0.4, -0.2) is 5.16 Å². The molecule has 0 atom stereocenters. The first-order valence-electron chi connectivity index (χ1n) is 4.28. The van der Waals surface area contributed by atoms with Crippen LogP contribution in [0.1, 0.15) is 5.76 Å². The van der Waals surface area contributed by atoms with E-state index in [1.807, 2.05) is 0 Å². The standard InChI is InChI=1S/C10H5BrF3NO/c11-4-5-1-10(15-16-5)6-2-8(13)9(14)3-7(6)12/h1-3H,4H2. The molecule has 1 aromatic heterocycles. The molecule has 16 heavy (non-hydrogen) atoms. The van der Waals surface area contributed by atoms with E-state index in [1.165, 1.54) is 6.07 Å². The normalized spacial score (nSPS) is 10.8. The van der Waals surface area contributed by atoms with Gasteiger partial charge in [0.05, 0.1) is 5.33 Å². The fraction of sp³-hybridized carbons (Fsp3) is 0.100. The molecule has 0 aliphatic carbocycles. The molecule has 0 spiro atoms. The summed E-state index contributed by atoms with van der Waals surface area (Å²) >= 11 is 3.13. The van der Waals surface area contributed by atoms with Crippen molar-refractivity contribution in [1.29, 1.82) is 0 Å². The molecule has 1 aromatic carbocycles. The molecule has 0 fully saturated rings. The Bertz CT molecular complexity index is 527. The van der Waals surface area contributed by atoms with E-state index in [9.17, 15) is 13.2 Å². The van der Waals surface area contributed by atoms with Gasteiger partial charge in [-0.05, 0) is 6.07 Å². The Morgan fingerprint density at radius 1 is 1.06 bits per heavy atom. The molecule has 0 radical (unpaired) electrons. The molecule has 2 nitrogen and oxygen atoms in total. The molecule has 0 unspecified atom stereocenters. The summed E-state index contributed by atoms with van der Waals surface area (Å²) in [5.41, 5.74) is 0.000648. The first-order chi connectivity index (χ1) is 7.61. The van der Waals surface area contributed by atoms with Crippen molar-refractivity contribution < 1.29 is 17.7 Å². The number of rotatable bonds is 2. The minimum atomic E-state index is -1.23. The fourth-order valence-corrected chi connectivity index (χ4v) is 1.49. The first kappa shape index (κ1) is 11.2. The second-order valence-corrected chi connectivity index (χ2v) is 3.62. The molecule has 0 aliphatic heterocycles. The molecule has 0 saturated heterocycles. The maximum atomic E-state index is 13.3. The second-order valence-electron chi connectivity index (χ2n) is 3.06. The highest BCUT2D eigenvalue weighted by Crippen LogP contribution is 2.25. The van der Waals surface area contributed by atoms with Crippen LogP contribution in [0.25, 0.3) is 11.3 Å². The first-order valence-corrected chi connectivity index (χ1v) is 5.40. The van der Waals surface area contributed by atoms with Crippen molar-refractivity contribution in [3.8, 4) is 11.3 Å². The third-order valence-corrected chi connectivity index (χ3v) is 2.53. The summed E-state index contributed by atoms with van der Waals surface area (Å²) in [6.45, 7) is 0. The molecule has 1 heterocycles. The third kappa shape index (κ3) is 1.97. The molecule has 0 aliphatic rings. The predicted octanol–water partition coefficient (Wildman–Crippen LogP) is 3.65. The molecule has 0 N–H and O–H groups in total. The minimum absolute atomic E-state index is 0.130. The van der Waals surface area contributed by atoms with Gasteiger partial charge in [0, 0.05) is 17.7 Å². The van der Waals surface area contributed by atoms with Crippen LogP contribution in [0.2, 0.25) is 0 Å². The molecule has 2 rings (SSSR count). The number of benzene rings is 1. The highest BCUT2D eigenvalue weighted by atomic mass is 79.9. The second kappa shape index (κ2) is 4.29. The van der Waals surface area contributed by atoms with Gasteiger partial charge in [0.25, 0.3) is 0 Å². The van der Waals surface area contributed by atoms with Gasteiger partial charge < -0.3 is 4.52 Å². The molecule has 2 aromatic rings. The molecule has 84 valence electrons. The summed E-state index contributed by atoms with van der Waals surface area (Å²) in [5.74, 6) is -2.77. The van der Waals surface area contributed by atoms with Crippen molar-refractivity contribution >= 4 is 15.9 Å². The Hall–Kier alpha value is -1.30. The summed E-state index contributed by atoms with van der Waals surface area (Å²) in [5, 5.41) is 3.96. The highest BCUT2D eigenvalue weighted by molar-refractivity contribution is 9.08. The SMILES string of the molecule is Fc1cc(F)c(-c2cc(CBr)on2)cc1F. The average Bonchev–Trinajstić information content (AvgIpc) is 2.71. The number of halogens is 4. The van der Waals surface area contributed by atoms with E-state index < -0.39 is 17.5 Å². The number of aromatic nitrogens is 1. The quantitative estimate of drug-likeness (QED) is 0.623. The van der Waals surface area contributed by atoms with E-state index in [4.69, 9.17) is 4.52 Å². The van der Waals surface area contributed by atoms with Gasteiger partial charge in [0.2, 0.25) is 0 Å². The maximum Gasteiger partial charge on any atom is 0.161 e. The van der Waals surface area contributed by atoms with Gasteiger partial charge in [0.15, 0.2) is 11.6 Å². The largest absolute Gasteiger partial charge is 0.360 e. The van der Waals surface area contributed by atoms with Crippen molar-refractivity contribution in [2.75, 3.05) is 0 Å². The number of alkyl halides is 1. The van der Waals surface area contributed by atoms with E-state index in [2.05, 4.69) is 21.1 Å². The van der Waals surface area contributed by atoms with Gasteiger partial charge in [-0.3, -0.25) is 0 Å². The lowest BCUT2D eigenvalue weighted by molar-refractivity contribution is 0.397. The van der Waals surface area contributed by atoms with Crippen LogP contribution in [0.3, 0.4) is 0 Å². The van der Waals surface area contributed by atoms with Crippen molar-refractivity contribution in [3.05, 3.63) is 41.4 Å². The Kier molecular flexibility index (Phi) is 3.00. The van der Waals surface area contributed by atoms with Gasteiger partial charge in [-0.25, -0.2) is 13.2 Å². The van der Waals surface area contributed by atoms with Crippen LogP contribution in [0.4, 0.5) is 13.2 Å². The average molecular weight is 292 g/mol. The van der Waals surface area contributed by atoms with Crippen LogP contribution < -0.4 is 0 Å². The van der Waals surface area contributed by atoms with Gasteiger partial charge in [0.1, 0.15) is 17.3 Å². The topological polar surface area (TPSA) is 26.0 Å². The molecular weight excluding hydrogens is 287 g/mol. The van der Waals surface area contributed by atoms with Crippen molar-refractivity contribution in [1.82, 2.24) is 5.16 Å². The van der Waals surface area contributed by atoms with Crippen LogP contribution >= 0.6 is 15.9 Å². The summed E-state index contributed by atoms with van der Waals surface area (Å²) in [6.07, 6.45) is 0. The summed E-state index contributed by atoms with van der Waals surface area (Å²) < 4.78 is 43.7. The van der Waals surface area contributed by atoms with E-state index in [0.29, 0.717) is 17.2 Å². The summed E-state index contributed by atoms with van der Waals surface area (Å²) in [7, 11) is 0. The lowest BCUT2D eigenvalue weighted by atomic mass is 10.1. The molecule has 0 amide bonds. The number of hydrogen-bond acceptors (Lipinski definition) is 2. The van der Waals surface area contributed by atoms with E-state index in [1.54, 1.807) is 0 Å². The van der Waals surface area contributed by atoms with Crippen molar-refractivity contribution in [2.24, 2.45) is 0 Å². The zero-order chi connectivity index (χ0) is 11.7. The van der Waals surface area contributed by atoms with Crippen LogP contribution in [0, 0.1) is 17.5 Å². The van der Waals surface area contributed by atoms with Crippen molar-refractivity contribution in [2.45, 2.75) is 5.33 Å². The van der Waals surface area contributed by atoms with Gasteiger partial charge in [-0.15, -0.1) is 0 Å². The molecule has 0 saturated carbocycles. The Balaban J connectivity index is 2.51. The lowest BCUT2D eigenvalue weighted by Gasteiger charge is -1.99. The van der Waals surface area contributed by atoms with Gasteiger partial charge in [-0.1, -0.05) is 21.1 Å². The van der Waals surface area contributed by atoms with E-state index >= 15 is 0 Å². The molecule has 6 heteroatoms. The van der Waals surface area contributed by atoms with Crippen LogP contribution in [0.5, 0.6) is 0 Å². The van der Waals surface area contributed by atoms with E-state index in [-0.39, 0.29) is 11.3 Å². The lowest BCUT2D eigenvalue weighted by Crippen LogP contribution is -1.91. The zero-order valence-electron chi connectivity index (χ0n) is 7.81.